The fraction of sp³-hybridized carbons (Fsp3) is 0.100. The van der Waals surface area contributed by atoms with Crippen molar-refractivity contribution in [1.82, 2.24) is 9.66 Å². The summed E-state index contributed by atoms with van der Waals surface area (Å²) >= 11 is 0. The van der Waals surface area contributed by atoms with Gasteiger partial charge in [0.25, 0.3) is 5.69 Å². The van der Waals surface area contributed by atoms with Crippen LogP contribution in [0.4, 0.5) is 11.4 Å². The summed E-state index contributed by atoms with van der Waals surface area (Å²) in [7, 11) is 1.74. The standard InChI is InChI=1S/C10H10N4O2/c1-12(13-6-2-3-7-13)10-8-11-5-4-9(10)14(15)16/h2-8H,1H3. The van der Waals surface area contributed by atoms with E-state index in [1.807, 2.05) is 12.1 Å². The Labute approximate surface area is 91.9 Å². The summed E-state index contributed by atoms with van der Waals surface area (Å²) in [5.74, 6) is 0. The number of hydrogen-bond donors (Lipinski definition) is 0. The van der Waals surface area contributed by atoms with E-state index in [2.05, 4.69) is 4.98 Å². The third-order valence-corrected chi connectivity index (χ3v) is 2.26. The highest BCUT2D eigenvalue weighted by molar-refractivity contribution is 5.60. The third-order valence-electron chi connectivity index (χ3n) is 2.26. The first-order valence-corrected chi connectivity index (χ1v) is 4.65. The molecule has 0 saturated heterocycles. The molecule has 0 bridgehead atoms. The lowest BCUT2D eigenvalue weighted by atomic mass is 10.3. The molecule has 6 heteroatoms. The van der Waals surface area contributed by atoms with Crippen LogP contribution in [-0.4, -0.2) is 21.6 Å². The van der Waals surface area contributed by atoms with E-state index in [0.717, 1.165) is 0 Å². The second kappa shape index (κ2) is 4.01. The summed E-state index contributed by atoms with van der Waals surface area (Å²) in [5.41, 5.74) is 0.481. The van der Waals surface area contributed by atoms with Crippen LogP contribution in [0.15, 0.2) is 43.0 Å². The molecular formula is C10H10N4O2. The maximum absolute atomic E-state index is 10.8. The predicted molar refractivity (Wildman–Crippen MR) is 59.1 cm³/mol. The van der Waals surface area contributed by atoms with Crippen LogP contribution >= 0.6 is 0 Å². The molecule has 16 heavy (non-hydrogen) atoms. The number of pyridine rings is 1. The molecular weight excluding hydrogens is 208 g/mol. The Balaban J connectivity index is 2.44. The molecule has 0 amide bonds. The van der Waals surface area contributed by atoms with Crippen LogP contribution in [0.2, 0.25) is 0 Å². The lowest BCUT2D eigenvalue weighted by Crippen LogP contribution is -2.23. The van der Waals surface area contributed by atoms with Crippen LogP contribution in [0.1, 0.15) is 0 Å². The van der Waals surface area contributed by atoms with Gasteiger partial charge in [-0.15, -0.1) is 0 Å². The lowest BCUT2D eigenvalue weighted by molar-refractivity contribution is -0.384. The van der Waals surface area contributed by atoms with E-state index in [1.54, 1.807) is 29.1 Å². The normalized spacial score (nSPS) is 10.1. The summed E-state index contributed by atoms with van der Waals surface area (Å²) in [6.45, 7) is 0. The Morgan fingerprint density at radius 3 is 2.75 bits per heavy atom. The van der Waals surface area contributed by atoms with Gasteiger partial charge in [0.05, 0.1) is 11.1 Å². The SMILES string of the molecule is CN(c1cnccc1[N+](=O)[O-])n1cccc1. The van der Waals surface area contributed by atoms with Crippen LogP contribution in [0.25, 0.3) is 0 Å². The minimum absolute atomic E-state index is 0.0335. The average molecular weight is 218 g/mol. The summed E-state index contributed by atoms with van der Waals surface area (Å²) in [6, 6.07) is 5.08. The molecule has 0 aliphatic rings. The van der Waals surface area contributed by atoms with E-state index < -0.39 is 4.92 Å². The van der Waals surface area contributed by atoms with Gasteiger partial charge in [0.2, 0.25) is 0 Å². The molecule has 0 radical (unpaired) electrons. The smallest absolute Gasteiger partial charge is 0.277 e. The molecule has 0 atom stereocenters. The third kappa shape index (κ3) is 1.72. The van der Waals surface area contributed by atoms with E-state index in [0.29, 0.717) is 5.69 Å². The Bertz CT molecular complexity index is 495. The zero-order valence-corrected chi connectivity index (χ0v) is 8.65. The molecule has 0 aliphatic carbocycles. The first-order valence-electron chi connectivity index (χ1n) is 4.65. The summed E-state index contributed by atoms with van der Waals surface area (Å²) in [5, 5.41) is 12.5. The van der Waals surface area contributed by atoms with Crippen molar-refractivity contribution in [3.63, 3.8) is 0 Å². The zero-order chi connectivity index (χ0) is 11.5. The van der Waals surface area contributed by atoms with Crippen LogP contribution in [0.3, 0.4) is 0 Å². The van der Waals surface area contributed by atoms with Crippen LogP contribution < -0.4 is 5.01 Å². The molecule has 2 aromatic rings. The van der Waals surface area contributed by atoms with Gasteiger partial charge in [-0.1, -0.05) is 0 Å². The van der Waals surface area contributed by atoms with Crippen LogP contribution in [0.5, 0.6) is 0 Å². The second-order valence-electron chi connectivity index (χ2n) is 3.21. The summed E-state index contributed by atoms with van der Waals surface area (Å²) < 4.78 is 1.74. The van der Waals surface area contributed by atoms with Gasteiger partial charge in [0, 0.05) is 31.7 Å². The maximum Gasteiger partial charge on any atom is 0.297 e. The molecule has 0 N–H and O–H groups in total. The molecule has 0 spiro atoms. The average Bonchev–Trinajstić information content (AvgIpc) is 2.81. The number of anilines is 1. The largest absolute Gasteiger partial charge is 0.297 e. The van der Waals surface area contributed by atoms with Gasteiger partial charge in [-0.2, -0.15) is 0 Å². The molecule has 2 heterocycles. The van der Waals surface area contributed by atoms with E-state index in [1.165, 1.54) is 18.5 Å². The van der Waals surface area contributed by atoms with Gasteiger partial charge in [-0.3, -0.25) is 24.8 Å². The predicted octanol–water partition coefficient (Wildman–Crippen LogP) is 1.69. The highest BCUT2D eigenvalue weighted by atomic mass is 16.6. The monoisotopic (exact) mass is 218 g/mol. The quantitative estimate of drug-likeness (QED) is 0.581. The highest BCUT2D eigenvalue weighted by Crippen LogP contribution is 2.25. The van der Waals surface area contributed by atoms with E-state index >= 15 is 0 Å². The minimum atomic E-state index is -0.420. The van der Waals surface area contributed by atoms with Gasteiger partial charge in [-0.05, 0) is 12.1 Å². The minimum Gasteiger partial charge on any atom is -0.277 e. The van der Waals surface area contributed by atoms with E-state index in [4.69, 9.17) is 0 Å². The van der Waals surface area contributed by atoms with Crippen LogP contribution in [-0.2, 0) is 0 Å². The Morgan fingerprint density at radius 2 is 2.12 bits per heavy atom. The van der Waals surface area contributed by atoms with E-state index in [-0.39, 0.29) is 5.69 Å². The molecule has 0 unspecified atom stereocenters. The fourth-order valence-electron chi connectivity index (χ4n) is 1.43. The second-order valence-corrected chi connectivity index (χ2v) is 3.21. The van der Waals surface area contributed by atoms with Gasteiger partial charge >= 0.3 is 0 Å². The molecule has 0 aliphatic heterocycles. The van der Waals surface area contributed by atoms with Crippen molar-refractivity contribution < 1.29 is 4.92 Å². The van der Waals surface area contributed by atoms with Gasteiger partial charge in [0.15, 0.2) is 5.69 Å². The highest BCUT2D eigenvalue weighted by Gasteiger charge is 2.17. The molecule has 2 aromatic heterocycles. The van der Waals surface area contributed by atoms with Gasteiger partial charge < -0.3 is 0 Å². The van der Waals surface area contributed by atoms with Crippen molar-refractivity contribution in [1.29, 1.82) is 0 Å². The van der Waals surface area contributed by atoms with Gasteiger partial charge in [0.1, 0.15) is 0 Å². The topological polar surface area (TPSA) is 64.2 Å². The molecule has 0 aromatic carbocycles. The summed E-state index contributed by atoms with van der Waals surface area (Å²) in [4.78, 5) is 14.3. The number of aromatic nitrogens is 2. The van der Waals surface area contributed by atoms with Crippen molar-refractivity contribution >= 4 is 11.4 Å². The molecule has 6 nitrogen and oxygen atoms in total. The maximum atomic E-state index is 10.8. The number of nitro groups is 1. The van der Waals surface area contributed by atoms with Crippen molar-refractivity contribution in [2.75, 3.05) is 12.1 Å². The van der Waals surface area contributed by atoms with Crippen LogP contribution in [0, 0.1) is 10.1 Å². The molecule has 0 saturated carbocycles. The molecule has 0 fully saturated rings. The number of nitrogens with zero attached hydrogens (tertiary/aromatic N) is 4. The Hall–Kier alpha value is -2.37. The molecule has 2 rings (SSSR count). The molecule has 82 valence electrons. The van der Waals surface area contributed by atoms with Crippen molar-refractivity contribution in [2.45, 2.75) is 0 Å². The summed E-state index contributed by atoms with van der Waals surface area (Å²) in [6.07, 6.45) is 6.48. The fourth-order valence-corrected chi connectivity index (χ4v) is 1.43. The van der Waals surface area contributed by atoms with Crippen molar-refractivity contribution in [3.8, 4) is 0 Å². The zero-order valence-electron chi connectivity index (χ0n) is 8.65. The van der Waals surface area contributed by atoms with Crippen molar-refractivity contribution in [3.05, 3.63) is 53.1 Å². The Morgan fingerprint density at radius 1 is 1.44 bits per heavy atom. The van der Waals surface area contributed by atoms with Crippen molar-refractivity contribution in [2.24, 2.45) is 0 Å². The van der Waals surface area contributed by atoms with E-state index in [9.17, 15) is 10.1 Å². The Kier molecular flexibility index (Phi) is 2.55. The number of rotatable bonds is 3. The van der Waals surface area contributed by atoms with Gasteiger partial charge in [-0.25, -0.2) is 0 Å². The first-order chi connectivity index (χ1) is 7.70. The first kappa shape index (κ1) is 10.2. The lowest BCUT2D eigenvalue weighted by Gasteiger charge is -2.19. The number of hydrogen-bond acceptors (Lipinski definition) is 4.